The topological polar surface area (TPSA) is 53.5 Å². The molecule has 0 saturated heterocycles. The minimum atomic E-state index is 0.0603. The fourth-order valence-corrected chi connectivity index (χ4v) is 24.2. The third-order valence-electron chi connectivity index (χ3n) is 31.5. The first-order valence-electron chi connectivity index (χ1n) is 51.4. The molecule has 6 nitrogen and oxygen atoms in total. The normalized spacial score (nSPS) is 12.4. The number of rotatable bonds is 9. The Bertz CT molecular complexity index is 10000. The van der Waals surface area contributed by atoms with Gasteiger partial charge in [0.15, 0.2) is 0 Å². The van der Waals surface area contributed by atoms with Gasteiger partial charge in [0, 0.05) is 95.3 Å². The van der Waals surface area contributed by atoms with Crippen molar-refractivity contribution in [2.75, 3.05) is 0 Å². The molecule has 0 fully saturated rings. The minimum absolute atomic E-state index is 0.0603. The van der Waals surface area contributed by atoms with Crippen LogP contribution in [-0.2, 0) is 16.2 Å². The number of aromatic nitrogens is 6. The Balaban J connectivity index is 0.000000107. The standard InChI is InChI=1S/3C47H34N2/c1-47(2,3)34-24-31-19-21-38-40(29-12-10-13-35(26-29)49-43-17-8-5-14-36(43)37-15-6-9-18-44(37)49)27-41(39-22-20-32(25-34)45(31)46(38)39)33-23-30-11-4-7-16-42(30)48-28-33;1-47(2,3)34-25-31-18-22-38-40(29-16-20-35(21-17-29)49-43-14-8-5-11-36(43)37-12-6-9-15-44(37)49)27-41(39-23-19-32(26-34)45(31)46(38)39)33-24-30-10-4-7-13-42(30)48-28-33;1-47(2,3)34-26-32-16-21-38-40(29-14-19-35(20-15-29)49-43-12-6-4-10-36(43)37-11-5-7-13-44(37)49)28-41(39-22-17-33(27-34)45(32)46(38)39)30-18-23-42-31(25-30)9-8-24-48-42/h3*4-28H,1-3H3. The highest BCUT2D eigenvalue weighted by Gasteiger charge is 2.28. The Morgan fingerprint density at radius 1 is 0.163 bits per heavy atom. The number of nitrogens with zero attached hydrogens (tertiary/aromatic N) is 6. The fraction of sp³-hybridized carbons (Fsp3) is 0.0851. The number of benzene rings is 24. The van der Waals surface area contributed by atoms with Gasteiger partial charge in [-0.3, -0.25) is 15.0 Å². The van der Waals surface area contributed by atoms with Crippen LogP contribution in [0.1, 0.15) is 79.0 Å². The summed E-state index contributed by atoms with van der Waals surface area (Å²) in [5, 5.41) is 34.5. The van der Waals surface area contributed by atoms with Gasteiger partial charge < -0.3 is 13.7 Å². The van der Waals surface area contributed by atoms with Crippen LogP contribution in [0.5, 0.6) is 0 Å². The van der Waals surface area contributed by atoms with Gasteiger partial charge in [-0.2, -0.15) is 0 Å². The molecular weight excluding hydrogens is 1780 g/mol. The summed E-state index contributed by atoms with van der Waals surface area (Å²) < 4.78 is 7.18. The molecule has 0 unspecified atom stereocenters. The number of fused-ring (bicyclic) bond motifs is 12. The molecule has 30 aromatic rings. The van der Waals surface area contributed by atoms with Crippen molar-refractivity contribution in [1.82, 2.24) is 28.7 Å². The van der Waals surface area contributed by atoms with Crippen molar-refractivity contribution in [3.8, 4) is 83.8 Å². The highest BCUT2D eigenvalue weighted by atomic mass is 15.0. The molecule has 6 aromatic heterocycles. The predicted molar refractivity (Wildman–Crippen MR) is 628 cm³/mol. The summed E-state index contributed by atoms with van der Waals surface area (Å²) in [6.07, 6.45) is 5.96. The lowest BCUT2D eigenvalue weighted by Gasteiger charge is -2.23. The second-order valence-corrected chi connectivity index (χ2v) is 43.4. The van der Waals surface area contributed by atoms with Gasteiger partial charge in [-0.15, -0.1) is 0 Å². The van der Waals surface area contributed by atoms with Crippen molar-refractivity contribution in [3.63, 3.8) is 0 Å². The van der Waals surface area contributed by atoms with Gasteiger partial charge >= 0.3 is 0 Å². The van der Waals surface area contributed by atoms with E-state index in [0.717, 1.165) is 60.9 Å². The monoisotopic (exact) mass is 1880 g/mol. The van der Waals surface area contributed by atoms with Crippen LogP contribution >= 0.6 is 0 Å². The van der Waals surface area contributed by atoms with Gasteiger partial charge in [0.05, 0.1) is 49.7 Å². The quantitative estimate of drug-likeness (QED) is 0.135. The second-order valence-electron chi connectivity index (χ2n) is 43.4. The number of hydrogen-bond donors (Lipinski definition) is 0. The Hall–Kier alpha value is -18.0. The van der Waals surface area contributed by atoms with Crippen LogP contribution in [0.3, 0.4) is 0 Å². The molecule has 0 aliphatic heterocycles. The van der Waals surface area contributed by atoms with Gasteiger partial charge in [0.2, 0.25) is 0 Å². The van der Waals surface area contributed by atoms with Crippen molar-refractivity contribution in [1.29, 1.82) is 0 Å². The maximum absolute atomic E-state index is 4.91. The van der Waals surface area contributed by atoms with E-state index >= 15 is 0 Å². The zero-order valence-electron chi connectivity index (χ0n) is 83.5. The first kappa shape index (κ1) is 86.9. The molecule has 30 rings (SSSR count). The largest absolute Gasteiger partial charge is 0.309 e. The van der Waals surface area contributed by atoms with E-state index in [-0.39, 0.29) is 16.2 Å². The average Bonchev–Trinajstić information content (AvgIpc) is 1.72. The van der Waals surface area contributed by atoms with Crippen molar-refractivity contribution < 1.29 is 0 Å². The van der Waals surface area contributed by atoms with Gasteiger partial charge in [-0.1, -0.05) is 366 Å². The van der Waals surface area contributed by atoms with Gasteiger partial charge in [-0.25, -0.2) is 0 Å². The molecule has 24 aromatic carbocycles. The van der Waals surface area contributed by atoms with Crippen molar-refractivity contribution in [3.05, 3.63) is 472 Å². The summed E-state index contributed by atoms with van der Waals surface area (Å²) in [6, 6.07) is 161. The lowest BCUT2D eigenvalue weighted by molar-refractivity contribution is 0.591. The summed E-state index contributed by atoms with van der Waals surface area (Å²) >= 11 is 0. The van der Waals surface area contributed by atoms with Crippen LogP contribution < -0.4 is 0 Å². The first-order valence-corrected chi connectivity index (χ1v) is 51.4. The van der Waals surface area contributed by atoms with Crippen LogP contribution in [0.15, 0.2) is 455 Å². The van der Waals surface area contributed by atoms with Crippen LogP contribution in [0.2, 0.25) is 0 Å². The van der Waals surface area contributed by atoms with Gasteiger partial charge in [0.1, 0.15) is 0 Å². The average molecular weight is 1880 g/mol. The van der Waals surface area contributed by atoms with E-state index in [1.807, 2.05) is 24.7 Å². The van der Waals surface area contributed by atoms with Crippen LogP contribution in [0.4, 0.5) is 0 Å². The molecule has 0 bridgehead atoms. The van der Waals surface area contributed by atoms with E-state index in [9.17, 15) is 0 Å². The van der Waals surface area contributed by atoms with E-state index in [0.29, 0.717) is 0 Å². The van der Waals surface area contributed by atoms with E-state index in [2.05, 4.69) is 512 Å². The summed E-state index contributed by atoms with van der Waals surface area (Å²) in [4.78, 5) is 14.4. The summed E-state index contributed by atoms with van der Waals surface area (Å²) in [5.41, 5.74) is 32.6. The molecule has 0 spiro atoms. The summed E-state index contributed by atoms with van der Waals surface area (Å²) in [5.74, 6) is 0. The molecule has 0 N–H and O–H groups in total. The van der Waals surface area contributed by atoms with E-state index < -0.39 is 0 Å². The first-order chi connectivity index (χ1) is 71.8. The van der Waals surface area contributed by atoms with Crippen LogP contribution in [0.25, 0.3) is 279 Å². The highest BCUT2D eigenvalue weighted by Crippen LogP contribution is 2.52. The maximum atomic E-state index is 4.91. The molecule has 6 heteroatoms. The second kappa shape index (κ2) is 33.3. The Labute approximate surface area is 852 Å². The Morgan fingerprint density at radius 3 is 0.762 bits per heavy atom. The van der Waals surface area contributed by atoms with Crippen molar-refractivity contribution in [2.45, 2.75) is 78.6 Å². The number of hydrogen-bond acceptors (Lipinski definition) is 3. The molecule has 147 heavy (non-hydrogen) atoms. The SMILES string of the molecule is CC(C)(C)c1cc2ccc3c(-c4ccc(-n5c6ccccc6c6ccccc65)cc4)cc(-c4ccc5ncccc5c4)c4ccc(c1)c2c34.CC(C)(C)c1cc2ccc3c(-c4ccc(-n5c6ccccc6c6ccccc65)cc4)cc(-c4cnc5ccccc5c4)c4ccc(c1)c2c34.CC(C)(C)c1cc2ccc3c(-c4cccc(-n5c6ccccc6c6ccccc65)c4)cc(-c4cnc5ccccc5c4)c4ccc(c1)c2c34. The lowest BCUT2D eigenvalue weighted by Crippen LogP contribution is -2.10. The molecule has 0 aliphatic rings. The summed E-state index contributed by atoms with van der Waals surface area (Å²) in [7, 11) is 0. The molecule has 6 heterocycles. The molecule has 696 valence electrons. The third kappa shape index (κ3) is 14.2. The third-order valence-corrected chi connectivity index (χ3v) is 31.5. The van der Waals surface area contributed by atoms with Crippen LogP contribution in [-0.4, -0.2) is 28.7 Å². The summed E-state index contributed by atoms with van der Waals surface area (Å²) in [6.45, 7) is 20.7. The molecular formula is C141H102N6. The van der Waals surface area contributed by atoms with E-state index in [4.69, 9.17) is 9.97 Å². The maximum Gasteiger partial charge on any atom is 0.0702 e. The fourth-order valence-electron chi connectivity index (χ4n) is 24.2. The molecule has 0 saturated carbocycles. The smallest absolute Gasteiger partial charge is 0.0702 e. The molecule has 0 aliphatic carbocycles. The zero-order chi connectivity index (χ0) is 98.6. The Kier molecular flexibility index (Phi) is 19.7. The van der Waals surface area contributed by atoms with Crippen molar-refractivity contribution in [2.24, 2.45) is 0 Å². The number of pyridine rings is 3. The lowest BCUT2D eigenvalue weighted by atomic mass is 9.81. The predicted octanol–water partition coefficient (Wildman–Crippen LogP) is 38.6. The Morgan fingerprint density at radius 2 is 0.429 bits per heavy atom. The number of para-hydroxylation sites is 8. The van der Waals surface area contributed by atoms with E-state index in [1.165, 1.54) is 235 Å². The highest BCUT2D eigenvalue weighted by molar-refractivity contribution is 6.32. The van der Waals surface area contributed by atoms with Gasteiger partial charge in [0.25, 0.3) is 0 Å². The van der Waals surface area contributed by atoms with Crippen molar-refractivity contribution >= 4 is 195 Å². The molecule has 0 amide bonds. The van der Waals surface area contributed by atoms with E-state index in [1.54, 1.807) is 0 Å². The van der Waals surface area contributed by atoms with Gasteiger partial charge in [-0.05, 0) is 319 Å². The molecule has 0 radical (unpaired) electrons. The zero-order valence-corrected chi connectivity index (χ0v) is 83.5. The minimum Gasteiger partial charge on any atom is -0.309 e. The molecule has 0 atom stereocenters. The van der Waals surface area contributed by atoms with Crippen LogP contribution in [0, 0.1) is 0 Å².